The van der Waals surface area contributed by atoms with Crippen LogP contribution >= 0.6 is 11.3 Å². The van der Waals surface area contributed by atoms with E-state index in [-0.39, 0.29) is 11.6 Å². The molecule has 9 heteroatoms. The molecular formula is C12H11N7OS. The number of aromatic nitrogens is 6. The minimum Gasteiger partial charge on any atom is -0.296 e. The summed E-state index contributed by atoms with van der Waals surface area (Å²) in [6.07, 6.45) is 2.90. The van der Waals surface area contributed by atoms with Crippen molar-refractivity contribution in [2.24, 2.45) is 0 Å². The van der Waals surface area contributed by atoms with Gasteiger partial charge in [0.25, 0.3) is 5.91 Å². The van der Waals surface area contributed by atoms with Crippen LogP contribution in [-0.4, -0.2) is 35.9 Å². The second-order valence-corrected chi connectivity index (χ2v) is 5.43. The van der Waals surface area contributed by atoms with Crippen molar-refractivity contribution in [3.8, 4) is 5.82 Å². The van der Waals surface area contributed by atoms with E-state index < -0.39 is 0 Å². The highest BCUT2D eigenvalue weighted by Crippen LogP contribution is 2.21. The molecule has 0 radical (unpaired) electrons. The largest absolute Gasteiger partial charge is 0.296 e. The van der Waals surface area contributed by atoms with E-state index in [1.54, 1.807) is 12.1 Å². The Labute approximate surface area is 123 Å². The molecule has 3 aromatic heterocycles. The lowest BCUT2D eigenvalue weighted by atomic mass is 10.3. The van der Waals surface area contributed by atoms with E-state index in [2.05, 4.69) is 30.6 Å². The van der Waals surface area contributed by atoms with Crippen molar-refractivity contribution in [2.75, 3.05) is 5.32 Å². The molecule has 3 heterocycles. The van der Waals surface area contributed by atoms with Crippen LogP contribution in [0.15, 0.2) is 24.8 Å². The molecule has 0 atom stereocenters. The van der Waals surface area contributed by atoms with E-state index in [1.165, 1.54) is 28.7 Å². The lowest BCUT2D eigenvalue weighted by molar-refractivity contribution is 0.102. The smallest absolute Gasteiger partial charge is 0.277 e. The maximum absolute atomic E-state index is 12.1. The lowest BCUT2D eigenvalue weighted by Gasteiger charge is -2.01. The number of rotatable bonds is 3. The van der Waals surface area contributed by atoms with Crippen molar-refractivity contribution < 1.29 is 4.79 Å². The van der Waals surface area contributed by atoms with Crippen molar-refractivity contribution in [1.29, 1.82) is 0 Å². The first-order valence-corrected chi connectivity index (χ1v) is 6.89. The number of aryl methyl sites for hydroxylation is 2. The molecule has 1 amide bonds. The minimum atomic E-state index is -0.346. The van der Waals surface area contributed by atoms with Gasteiger partial charge in [-0.25, -0.2) is 14.6 Å². The molecule has 0 saturated carbocycles. The van der Waals surface area contributed by atoms with Crippen LogP contribution in [0.1, 0.15) is 21.1 Å². The third-order valence-electron chi connectivity index (χ3n) is 2.79. The first kappa shape index (κ1) is 13.3. The summed E-state index contributed by atoms with van der Waals surface area (Å²) in [5.74, 6) is 0.145. The van der Waals surface area contributed by atoms with Crippen LogP contribution in [0, 0.1) is 13.8 Å². The number of nitrogens with one attached hydrogen (secondary N) is 1. The third kappa shape index (κ3) is 2.77. The molecule has 0 aliphatic heterocycles. The normalized spacial score (nSPS) is 10.6. The highest BCUT2D eigenvalue weighted by molar-refractivity contribution is 7.15. The van der Waals surface area contributed by atoms with E-state index in [0.29, 0.717) is 10.9 Å². The Bertz CT molecular complexity index is 744. The van der Waals surface area contributed by atoms with Gasteiger partial charge in [-0.05, 0) is 26.0 Å². The van der Waals surface area contributed by atoms with Gasteiger partial charge in [-0.1, -0.05) is 0 Å². The number of carbonyl (C=O) groups excluding carboxylic acids is 1. The fourth-order valence-corrected chi connectivity index (χ4v) is 2.39. The number of hydrogen-bond donors (Lipinski definition) is 1. The summed E-state index contributed by atoms with van der Waals surface area (Å²) >= 11 is 1.42. The average molecular weight is 301 g/mol. The lowest BCUT2D eigenvalue weighted by Crippen LogP contribution is -2.15. The standard InChI is InChI=1S/C12H11N7OS/c1-7-8(2)21-12(15-7)16-11(20)9-3-4-10(18-17-9)19-6-13-5-14-19/h3-6H,1-2H3,(H,15,16,20). The quantitative estimate of drug-likeness (QED) is 0.784. The Balaban J connectivity index is 1.76. The van der Waals surface area contributed by atoms with Crippen LogP contribution in [0.5, 0.6) is 0 Å². The second kappa shape index (κ2) is 5.37. The molecule has 0 spiro atoms. The minimum absolute atomic E-state index is 0.212. The van der Waals surface area contributed by atoms with Gasteiger partial charge < -0.3 is 0 Å². The summed E-state index contributed by atoms with van der Waals surface area (Å²) in [6, 6.07) is 3.22. The first-order chi connectivity index (χ1) is 10.1. The molecule has 21 heavy (non-hydrogen) atoms. The van der Waals surface area contributed by atoms with Crippen molar-refractivity contribution in [3.63, 3.8) is 0 Å². The van der Waals surface area contributed by atoms with Crippen molar-refractivity contribution >= 4 is 22.4 Å². The van der Waals surface area contributed by atoms with Gasteiger partial charge in [0.15, 0.2) is 16.6 Å². The number of carbonyl (C=O) groups is 1. The molecule has 0 bridgehead atoms. The fraction of sp³-hybridized carbons (Fsp3) is 0.167. The summed E-state index contributed by atoms with van der Waals surface area (Å²) < 4.78 is 1.46. The van der Waals surface area contributed by atoms with Gasteiger partial charge in [0, 0.05) is 4.88 Å². The van der Waals surface area contributed by atoms with Crippen molar-refractivity contribution in [1.82, 2.24) is 29.9 Å². The van der Waals surface area contributed by atoms with Crippen LogP contribution < -0.4 is 5.32 Å². The number of nitrogens with zero attached hydrogens (tertiary/aromatic N) is 6. The number of thiazole rings is 1. The summed E-state index contributed by atoms with van der Waals surface area (Å²) in [6.45, 7) is 3.85. The summed E-state index contributed by atoms with van der Waals surface area (Å²) in [7, 11) is 0. The number of hydrogen-bond acceptors (Lipinski definition) is 7. The summed E-state index contributed by atoms with van der Waals surface area (Å²) in [5, 5.41) is 15.0. The van der Waals surface area contributed by atoms with Crippen molar-refractivity contribution in [2.45, 2.75) is 13.8 Å². The highest BCUT2D eigenvalue weighted by Gasteiger charge is 2.12. The molecule has 0 aliphatic carbocycles. The molecule has 0 aliphatic rings. The molecule has 0 unspecified atom stereocenters. The van der Waals surface area contributed by atoms with E-state index in [4.69, 9.17) is 0 Å². The molecule has 3 aromatic rings. The van der Waals surface area contributed by atoms with E-state index in [0.717, 1.165) is 10.6 Å². The van der Waals surface area contributed by atoms with E-state index in [1.807, 2.05) is 13.8 Å². The predicted molar refractivity (Wildman–Crippen MR) is 76.5 cm³/mol. The van der Waals surface area contributed by atoms with Gasteiger partial charge >= 0.3 is 0 Å². The zero-order chi connectivity index (χ0) is 14.8. The average Bonchev–Trinajstić information content (AvgIpc) is 3.10. The van der Waals surface area contributed by atoms with Crippen molar-refractivity contribution in [3.05, 3.63) is 41.1 Å². The van der Waals surface area contributed by atoms with Crippen LogP contribution in [0.3, 0.4) is 0 Å². The van der Waals surface area contributed by atoms with Gasteiger partial charge in [0.05, 0.1) is 5.69 Å². The SMILES string of the molecule is Cc1nc(NC(=O)c2ccc(-n3cncn3)nn2)sc1C. The Morgan fingerprint density at radius 1 is 1.29 bits per heavy atom. The van der Waals surface area contributed by atoms with Gasteiger partial charge in [0.1, 0.15) is 12.7 Å². The van der Waals surface area contributed by atoms with E-state index >= 15 is 0 Å². The zero-order valence-corrected chi connectivity index (χ0v) is 12.1. The summed E-state index contributed by atoms with van der Waals surface area (Å²) in [4.78, 5) is 21.2. The number of amides is 1. The van der Waals surface area contributed by atoms with Gasteiger partial charge in [-0.2, -0.15) is 5.10 Å². The van der Waals surface area contributed by atoms with Crippen LogP contribution in [0.4, 0.5) is 5.13 Å². The predicted octanol–water partition coefficient (Wildman–Crippen LogP) is 1.38. The Morgan fingerprint density at radius 2 is 2.14 bits per heavy atom. The molecule has 106 valence electrons. The maximum atomic E-state index is 12.1. The maximum Gasteiger partial charge on any atom is 0.277 e. The van der Waals surface area contributed by atoms with E-state index in [9.17, 15) is 4.79 Å². The Hall–Kier alpha value is -2.68. The van der Waals surface area contributed by atoms with Gasteiger partial charge in [-0.15, -0.1) is 21.5 Å². The molecule has 8 nitrogen and oxygen atoms in total. The topological polar surface area (TPSA) is 98.5 Å². The van der Waals surface area contributed by atoms with Crippen LogP contribution in [-0.2, 0) is 0 Å². The number of anilines is 1. The van der Waals surface area contributed by atoms with Crippen LogP contribution in [0.2, 0.25) is 0 Å². The molecule has 0 aromatic carbocycles. The zero-order valence-electron chi connectivity index (χ0n) is 11.3. The summed E-state index contributed by atoms with van der Waals surface area (Å²) in [5.41, 5.74) is 1.12. The molecular weight excluding hydrogens is 290 g/mol. The molecule has 1 N–H and O–H groups in total. The fourth-order valence-electron chi connectivity index (χ4n) is 1.58. The Kier molecular flexibility index (Phi) is 3.40. The second-order valence-electron chi connectivity index (χ2n) is 4.23. The monoisotopic (exact) mass is 301 g/mol. The van der Waals surface area contributed by atoms with Gasteiger partial charge in [-0.3, -0.25) is 10.1 Å². The first-order valence-electron chi connectivity index (χ1n) is 6.07. The van der Waals surface area contributed by atoms with Gasteiger partial charge in [0.2, 0.25) is 0 Å². The molecule has 3 rings (SSSR count). The van der Waals surface area contributed by atoms with Crippen LogP contribution in [0.25, 0.3) is 5.82 Å². The highest BCUT2D eigenvalue weighted by atomic mass is 32.1. The molecule has 0 fully saturated rings. The Morgan fingerprint density at radius 3 is 2.71 bits per heavy atom. The molecule has 0 saturated heterocycles. The third-order valence-corrected chi connectivity index (χ3v) is 3.77.